The molecule has 0 N–H and O–H groups in total. The molecule has 0 fully saturated rings. The van der Waals surface area contributed by atoms with Crippen LogP contribution in [0, 0.1) is 0 Å². The molecule has 0 atom stereocenters. The maximum atomic E-state index is 12.8. The van der Waals surface area contributed by atoms with E-state index in [-0.39, 0.29) is 12.1 Å². The Bertz CT molecular complexity index is 1030. The molecule has 8 heteroatoms. The number of fused-ring (bicyclic) bond motifs is 1. The van der Waals surface area contributed by atoms with Crippen molar-refractivity contribution in [2.24, 2.45) is 0 Å². The van der Waals surface area contributed by atoms with Crippen LogP contribution in [0.4, 0.5) is 0 Å². The Labute approximate surface area is 172 Å². The van der Waals surface area contributed by atoms with Crippen LogP contribution in [0.5, 0.6) is 11.5 Å². The monoisotopic (exact) mass is 414 g/mol. The number of hydrogen-bond donors (Lipinski definition) is 0. The first-order valence-corrected chi connectivity index (χ1v) is 10.2. The summed E-state index contributed by atoms with van der Waals surface area (Å²) in [5.74, 6) is 1.57. The SMILES string of the molecule is CCOc1ccc(OCCSc2nc3ccccc3c(=O)n2CC(=O)OC)cc1. The topological polar surface area (TPSA) is 79.7 Å². The van der Waals surface area contributed by atoms with Crippen LogP contribution in [0.25, 0.3) is 10.9 Å². The van der Waals surface area contributed by atoms with E-state index in [0.717, 1.165) is 11.5 Å². The molecule has 0 aliphatic carbocycles. The summed E-state index contributed by atoms with van der Waals surface area (Å²) >= 11 is 1.35. The van der Waals surface area contributed by atoms with E-state index in [4.69, 9.17) is 14.2 Å². The van der Waals surface area contributed by atoms with E-state index in [0.29, 0.717) is 35.0 Å². The van der Waals surface area contributed by atoms with Gasteiger partial charge in [0.05, 0.1) is 31.2 Å². The molecule has 3 aromatic rings. The highest BCUT2D eigenvalue weighted by molar-refractivity contribution is 7.99. The van der Waals surface area contributed by atoms with Gasteiger partial charge in [0.2, 0.25) is 0 Å². The Balaban J connectivity index is 1.70. The number of carbonyl (C=O) groups is 1. The quantitative estimate of drug-likeness (QED) is 0.230. The van der Waals surface area contributed by atoms with Crippen LogP contribution < -0.4 is 15.0 Å². The summed E-state index contributed by atoms with van der Waals surface area (Å²) in [5.41, 5.74) is 0.324. The third kappa shape index (κ3) is 5.29. The molecular weight excluding hydrogens is 392 g/mol. The molecule has 0 aliphatic heterocycles. The maximum Gasteiger partial charge on any atom is 0.325 e. The van der Waals surface area contributed by atoms with Gasteiger partial charge in [0.1, 0.15) is 18.0 Å². The number of thioether (sulfide) groups is 1. The minimum Gasteiger partial charge on any atom is -0.494 e. The van der Waals surface area contributed by atoms with Crippen LogP contribution >= 0.6 is 11.8 Å². The van der Waals surface area contributed by atoms with Crippen LogP contribution in [0.2, 0.25) is 0 Å². The van der Waals surface area contributed by atoms with Crippen LogP contribution in [-0.2, 0) is 16.1 Å². The Morgan fingerprint density at radius 3 is 2.45 bits per heavy atom. The number of benzene rings is 2. The second kappa shape index (κ2) is 9.97. The van der Waals surface area contributed by atoms with Crippen LogP contribution in [0.3, 0.4) is 0 Å². The van der Waals surface area contributed by atoms with E-state index in [1.807, 2.05) is 37.3 Å². The lowest BCUT2D eigenvalue weighted by Gasteiger charge is -2.12. The molecule has 152 valence electrons. The summed E-state index contributed by atoms with van der Waals surface area (Å²) in [4.78, 5) is 29.1. The van der Waals surface area contributed by atoms with E-state index in [2.05, 4.69) is 4.98 Å². The lowest BCUT2D eigenvalue weighted by molar-refractivity contribution is -0.141. The van der Waals surface area contributed by atoms with Crippen molar-refractivity contribution < 1.29 is 19.0 Å². The highest BCUT2D eigenvalue weighted by atomic mass is 32.2. The van der Waals surface area contributed by atoms with Gasteiger partial charge in [-0.1, -0.05) is 23.9 Å². The molecule has 0 bridgehead atoms. The van der Waals surface area contributed by atoms with Crippen molar-refractivity contribution in [3.8, 4) is 11.5 Å². The normalized spacial score (nSPS) is 10.7. The summed E-state index contributed by atoms with van der Waals surface area (Å²) in [5, 5.41) is 0.917. The second-order valence-electron chi connectivity index (χ2n) is 5.98. The van der Waals surface area contributed by atoms with Gasteiger partial charge < -0.3 is 14.2 Å². The van der Waals surface area contributed by atoms with Gasteiger partial charge >= 0.3 is 5.97 Å². The van der Waals surface area contributed by atoms with Crippen molar-refractivity contribution in [3.05, 3.63) is 58.9 Å². The molecule has 0 amide bonds. The summed E-state index contributed by atoms with van der Waals surface area (Å²) in [6, 6.07) is 14.5. The first-order chi connectivity index (χ1) is 14.1. The lowest BCUT2D eigenvalue weighted by Crippen LogP contribution is -2.27. The molecular formula is C21H22N2O5S. The first kappa shape index (κ1) is 20.7. The molecule has 2 aromatic carbocycles. The molecule has 29 heavy (non-hydrogen) atoms. The molecule has 1 aromatic heterocycles. The van der Waals surface area contributed by atoms with Gasteiger partial charge in [-0.15, -0.1) is 0 Å². The van der Waals surface area contributed by atoms with Crippen molar-refractivity contribution in [2.45, 2.75) is 18.6 Å². The van der Waals surface area contributed by atoms with Gasteiger partial charge in [-0.2, -0.15) is 0 Å². The molecule has 0 spiro atoms. The van der Waals surface area contributed by atoms with Gasteiger partial charge in [-0.25, -0.2) is 4.98 Å². The smallest absolute Gasteiger partial charge is 0.325 e. The van der Waals surface area contributed by atoms with Gasteiger partial charge in [0.25, 0.3) is 5.56 Å². The summed E-state index contributed by atoms with van der Waals surface area (Å²) in [6.45, 7) is 2.78. The van der Waals surface area contributed by atoms with Gasteiger partial charge in [0.15, 0.2) is 5.16 Å². The zero-order valence-corrected chi connectivity index (χ0v) is 17.1. The lowest BCUT2D eigenvalue weighted by atomic mass is 10.2. The predicted octanol–water partition coefficient (Wildman–Crippen LogP) is 3.14. The average Bonchev–Trinajstić information content (AvgIpc) is 2.75. The average molecular weight is 414 g/mol. The van der Waals surface area contributed by atoms with Crippen LogP contribution in [0.1, 0.15) is 6.92 Å². The van der Waals surface area contributed by atoms with E-state index < -0.39 is 5.97 Å². The fraction of sp³-hybridized carbons (Fsp3) is 0.286. The molecule has 0 aliphatic rings. The van der Waals surface area contributed by atoms with Gasteiger partial charge in [-0.3, -0.25) is 14.2 Å². The van der Waals surface area contributed by atoms with Crippen molar-refractivity contribution in [1.82, 2.24) is 9.55 Å². The molecule has 0 radical (unpaired) electrons. The number of aromatic nitrogens is 2. The molecule has 1 heterocycles. The summed E-state index contributed by atoms with van der Waals surface area (Å²) in [7, 11) is 1.29. The van der Waals surface area contributed by atoms with Crippen molar-refractivity contribution in [3.63, 3.8) is 0 Å². The molecule has 0 unspecified atom stereocenters. The molecule has 0 saturated heterocycles. The van der Waals surface area contributed by atoms with Crippen LogP contribution in [0.15, 0.2) is 58.5 Å². The number of para-hydroxylation sites is 1. The minimum atomic E-state index is -0.503. The first-order valence-electron chi connectivity index (χ1n) is 9.17. The largest absolute Gasteiger partial charge is 0.494 e. The van der Waals surface area contributed by atoms with E-state index >= 15 is 0 Å². The summed E-state index contributed by atoms with van der Waals surface area (Å²) < 4.78 is 17.2. The second-order valence-corrected chi connectivity index (χ2v) is 7.04. The van der Waals surface area contributed by atoms with Crippen molar-refractivity contribution >= 4 is 28.6 Å². The van der Waals surface area contributed by atoms with E-state index in [1.165, 1.54) is 23.4 Å². The number of carbonyl (C=O) groups excluding carboxylic acids is 1. The van der Waals surface area contributed by atoms with Crippen LogP contribution in [-0.4, -0.2) is 41.6 Å². The molecule has 3 rings (SSSR count). The molecule has 7 nitrogen and oxygen atoms in total. The Morgan fingerprint density at radius 2 is 1.76 bits per heavy atom. The maximum absolute atomic E-state index is 12.8. The van der Waals surface area contributed by atoms with Gasteiger partial charge in [-0.05, 0) is 43.3 Å². The van der Waals surface area contributed by atoms with Crippen molar-refractivity contribution in [1.29, 1.82) is 0 Å². The van der Waals surface area contributed by atoms with E-state index in [1.54, 1.807) is 18.2 Å². The highest BCUT2D eigenvalue weighted by Crippen LogP contribution is 2.20. The third-order valence-electron chi connectivity index (χ3n) is 4.06. The molecule has 0 saturated carbocycles. The number of rotatable bonds is 9. The third-order valence-corrected chi connectivity index (χ3v) is 5.00. The Hall–Kier alpha value is -3.00. The number of ether oxygens (including phenoxy) is 3. The number of nitrogens with zero attached hydrogens (tertiary/aromatic N) is 2. The fourth-order valence-corrected chi connectivity index (χ4v) is 3.50. The van der Waals surface area contributed by atoms with Gasteiger partial charge in [0, 0.05) is 5.75 Å². The standard InChI is InChI=1S/C21H22N2O5S/c1-3-27-15-8-10-16(11-9-15)28-12-13-29-21-22-18-7-5-4-6-17(18)20(25)23(21)14-19(24)26-2/h4-11H,3,12-14H2,1-2H3. The minimum absolute atomic E-state index is 0.185. The predicted molar refractivity (Wildman–Crippen MR) is 112 cm³/mol. The Morgan fingerprint density at radius 1 is 1.07 bits per heavy atom. The summed E-state index contributed by atoms with van der Waals surface area (Å²) in [6.07, 6.45) is 0. The number of methoxy groups -OCH3 is 1. The highest BCUT2D eigenvalue weighted by Gasteiger charge is 2.14. The zero-order chi connectivity index (χ0) is 20.6. The fourth-order valence-electron chi connectivity index (χ4n) is 2.68. The van der Waals surface area contributed by atoms with E-state index in [9.17, 15) is 9.59 Å². The van der Waals surface area contributed by atoms with Crippen molar-refractivity contribution in [2.75, 3.05) is 26.1 Å². The zero-order valence-electron chi connectivity index (χ0n) is 16.3. The number of hydrogen-bond acceptors (Lipinski definition) is 7. The Kier molecular flexibility index (Phi) is 7.13. The number of esters is 1.